The van der Waals surface area contributed by atoms with Gasteiger partial charge < -0.3 is 11.5 Å². The maximum Gasteiger partial charge on any atom is 0.316 e. The SMILES string of the molecule is C=CCN(C(N)=O)C1(N(CC=C)C(N)=O)CCCCC1. The minimum absolute atomic E-state index is 0.288. The number of urea groups is 2. The third kappa shape index (κ3) is 3.12. The van der Waals surface area contributed by atoms with Gasteiger partial charge in [-0.1, -0.05) is 18.6 Å². The molecule has 0 heterocycles. The number of rotatable bonds is 6. The molecule has 0 bridgehead atoms. The van der Waals surface area contributed by atoms with Crippen LogP contribution in [0.2, 0.25) is 0 Å². The smallest absolute Gasteiger partial charge is 0.316 e. The van der Waals surface area contributed by atoms with E-state index in [1.807, 2.05) is 0 Å². The zero-order chi connectivity index (χ0) is 15.2. The lowest BCUT2D eigenvalue weighted by molar-refractivity contribution is -0.0191. The Morgan fingerprint density at radius 3 is 1.65 bits per heavy atom. The van der Waals surface area contributed by atoms with Crippen LogP contribution < -0.4 is 11.5 Å². The van der Waals surface area contributed by atoms with Gasteiger partial charge >= 0.3 is 12.1 Å². The molecule has 6 nitrogen and oxygen atoms in total. The highest BCUT2D eigenvalue weighted by atomic mass is 16.2. The molecule has 0 unspecified atom stereocenters. The lowest BCUT2D eigenvalue weighted by atomic mass is 9.86. The predicted molar refractivity (Wildman–Crippen MR) is 78.8 cm³/mol. The molecule has 0 atom stereocenters. The van der Waals surface area contributed by atoms with Crippen molar-refractivity contribution in [3.8, 4) is 0 Å². The minimum Gasteiger partial charge on any atom is -0.351 e. The van der Waals surface area contributed by atoms with Crippen LogP contribution in [0, 0.1) is 0 Å². The third-order valence-electron chi connectivity index (χ3n) is 3.81. The Labute approximate surface area is 120 Å². The minimum atomic E-state index is -0.766. The van der Waals surface area contributed by atoms with E-state index in [0.717, 1.165) is 19.3 Å². The molecule has 1 aliphatic carbocycles. The summed E-state index contributed by atoms with van der Waals surface area (Å²) < 4.78 is 0. The average molecular weight is 280 g/mol. The number of nitrogens with two attached hydrogens (primary N) is 2. The summed E-state index contributed by atoms with van der Waals surface area (Å²) in [4.78, 5) is 26.6. The Kier molecular flexibility index (Phi) is 5.61. The van der Waals surface area contributed by atoms with Crippen molar-refractivity contribution >= 4 is 12.1 Å². The van der Waals surface area contributed by atoms with Crippen molar-refractivity contribution < 1.29 is 9.59 Å². The van der Waals surface area contributed by atoms with E-state index < -0.39 is 17.7 Å². The van der Waals surface area contributed by atoms with Crippen LogP contribution in [-0.2, 0) is 0 Å². The van der Waals surface area contributed by atoms with Crippen LogP contribution in [-0.4, -0.2) is 40.6 Å². The largest absolute Gasteiger partial charge is 0.351 e. The van der Waals surface area contributed by atoms with Gasteiger partial charge in [0, 0.05) is 13.1 Å². The molecule has 1 saturated carbocycles. The van der Waals surface area contributed by atoms with Crippen LogP contribution in [0.1, 0.15) is 32.1 Å². The van der Waals surface area contributed by atoms with Gasteiger partial charge in [0.15, 0.2) is 0 Å². The molecular weight excluding hydrogens is 256 g/mol. The van der Waals surface area contributed by atoms with Crippen LogP contribution in [0.25, 0.3) is 0 Å². The Morgan fingerprint density at radius 2 is 1.35 bits per heavy atom. The monoisotopic (exact) mass is 280 g/mol. The maximum atomic E-state index is 11.8. The summed E-state index contributed by atoms with van der Waals surface area (Å²) in [5, 5.41) is 0. The van der Waals surface area contributed by atoms with Crippen molar-refractivity contribution in [2.75, 3.05) is 13.1 Å². The van der Waals surface area contributed by atoms with E-state index in [0.29, 0.717) is 12.8 Å². The first-order valence-electron chi connectivity index (χ1n) is 6.85. The van der Waals surface area contributed by atoms with Gasteiger partial charge in [0.05, 0.1) is 0 Å². The number of carbonyl (C=O) groups excluding carboxylic acids is 2. The second-order valence-electron chi connectivity index (χ2n) is 5.02. The second-order valence-corrected chi connectivity index (χ2v) is 5.02. The zero-order valence-corrected chi connectivity index (χ0v) is 11.9. The van der Waals surface area contributed by atoms with Crippen molar-refractivity contribution in [1.82, 2.24) is 9.80 Å². The van der Waals surface area contributed by atoms with E-state index in [2.05, 4.69) is 13.2 Å². The van der Waals surface area contributed by atoms with Crippen LogP contribution in [0.5, 0.6) is 0 Å². The van der Waals surface area contributed by atoms with E-state index >= 15 is 0 Å². The Morgan fingerprint density at radius 1 is 0.950 bits per heavy atom. The molecule has 4 N–H and O–H groups in total. The third-order valence-corrected chi connectivity index (χ3v) is 3.81. The van der Waals surface area contributed by atoms with Crippen LogP contribution in [0.4, 0.5) is 9.59 Å². The molecule has 6 heteroatoms. The summed E-state index contributed by atoms with van der Waals surface area (Å²) in [6, 6.07) is -1.13. The number of nitrogens with zero attached hydrogens (tertiary/aromatic N) is 2. The molecule has 1 aliphatic rings. The lowest BCUT2D eigenvalue weighted by Gasteiger charge is -2.51. The molecule has 0 radical (unpaired) electrons. The van der Waals surface area contributed by atoms with Crippen molar-refractivity contribution in [2.45, 2.75) is 37.8 Å². The van der Waals surface area contributed by atoms with Gasteiger partial charge in [0.2, 0.25) is 0 Å². The first-order valence-corrected chi connectivity index (χ1v) is 6.85. The van der Waals surface area contributed by atoms with E-state index in [4.69, 9.17) is 11.5 Å². The molecule has 1 fully saturated rings. The molecule has 0 spiro atoms. The Balaban J connectivity index is 3.23. The van der Waals surface area contributed by atoms with Crippen molar-refractivity contribution in [2.24, 2.45) is 11.5 Å². The fourth-order valence-electron chi connectivity index (χ4n) is 2.99. The summed E-state index contributed by atoms with van der Waals surface area (Å²) in [7, 11) is 0. The van der Waals surface area contributed by atoms with E-state index in [-0.39, 0.29) is 13.1 Å². The van der Waals surface area contributed by atoms with Gasteiger partial charge in [-0.15, -0.1) is 13.2 Å². The van der Waals surface area contributed by atoms with Crippen molar-refractivity contribution in [3.63, 3.8) is 0 Å². The predicted octanol–water partition coefficient (Wildman–Crippen LogP) is 1.78. The fraction of sp³-hybridized carbons (Fsp3) is 0.571. The molecular formula is C14H24N4O2. The van der Waals surface area contributed by atoms with E-state index in [1.165, 1.54) is 9.80 Å². The quantitative estimate of drug-likeness (QED) is 0.573. The highest BCUT2D eigenvalue weighted by Crippen LogP contribution is 2.36. The van der Waals surface area contributed by atoms with Gasteiger partial charge in [-0.25, -0.2) is 9.59 Å². The number of carbonyl (C=O) groups is 2. The summed E-state index contributed by atoms with van der Waals surface area (Å²) >= 11 is 0. The van der Waals surface area contributed by atoms with Gasteiger partial charge in [0.1, 0.15) is 5.66 Å². The number of amides is 4. The molecule has 20 heavy (non-hydrogen) atoms. The van der Waals surface area contributed by atoms with Gasteiger partial charge in [-0.3, -0.25) is 9.80 Å². The number of hydrogen-bond acceptors (Lipinski definition) is 2. The summed E-state index contributed by atoms with van der Waals surface area (Å²) in [5.41, 5.74) is 10.2. The molecule has 0 aliphatic heterocycles. The second kappa shape index (κ2) is 6.98. The highest BCUT2D eigenvalue weighted by molar-refractivity contribution is 5.77. The average Bonchev–Trinajstić information content (AvgIpc) is 2.42. The standard InChI is InChI=1S/C14H24N4O2/c1-3-10-17(12(15)19)14(8-6-5-7-9-14)18(11-4-2)13(16)20/h3-4H,1-2,5-11H2,(H2,15,19)(H2,16,20). The van der Waals surface area contributed by atoms with Crippen LogP contribution >= 0.6 is 0 Å². The zero-order valence-electron chi connectivity index (χ0n) is 11.9. The molecule has 0 aromatic rings. The highest BCUT2D eigenvalue weighted by Gasteiger charge is 2.45. The van der Waals surface area contributed by atoms with Crippen molar-refractivity contribution in [1.29, 1.82) is 0 Å². The van der Waals surface area contributed by atoms with Crippen LogP contribution in [0.15, 0.2) is 25.3 Å². The Bertz CT molecular complexity index is 359. The fourth-order valence-corrected chi connectivity index (χ4v) is 2.99. The molecule has 1 rings (SSSR count). The first kappa shape index (κ1) is 16.1. The van der Waals surface area contributed by atoms with Gasteiger partial charge in [-0.2, -0.15) is 0 Å². The first-order chi connectivity index (χ1) is 9.49. The Hall–Kier alpha value is -1.98. The number of primary amides is 2. The van der Waals surface area contributed by atoms with Gasteiger partial charge in [0.25, 0.3) is 0 Å². The number of hydrogen-bond donors (Lipinski definition) is 2. The molecule has 0 aromatic heterocycles. The normalized spacial score (nSPS) is 17.0. The summed E-state index contributed by atoms with van der Waals surface area (Å²) in [6.07, 6.45) is 7.45. The van der Waals surface area contributed by atoms with Crippen molar-refractivity contribution in [3.05, 3.63) is 25.3 Å². The summed E-state index contributed by atoms with van der Waals surface area (Å²) in [5.74, 6) is 0. The van der Waals surface area contributed by atoms with Crippen LogP contribution in [0.3, 0.4) is 0 Å². The van der Waals surface area contributed by atoms with E-state index in [1.54, 1.807) is 12.2 Å². The lowest BCUT2D eigenvalue weighted by Crippen LogP contribution is -2.66. The topological polar surface area (TPSA) is 92.7 Å². The molecule has 4 amide bonds. The maximum absolute atomic E-state index is 11.8. The van der Waals surface area contributed by atoms with Gasteiger partial charge in [-0.05, 0) is 25.7 Å². The molecule has 0 aromatic carbocycles. The molecule has 0 saturated heterocycles. The summed E-state index contributed by atoms with van der Waals surface area (Å²) in [6.45, 7) is 7.89. The molecule has 112 valence electrons. The van der Waals surface area contributed by atoms with E-state index in [9.17, 15) is 9.59 Å².